The molecule has 81 valence electrons. The summed E-state index contributed by atoms with van der Waals surface area (Å²) in [4.78, 5) is 21.8. The third kappa shape index (κ3) is 2.04. The van der Waals surface area contributed by atoms with E-state index in [2.05, 4.69) is 0 Å². The van der Waals surface area contributed by atoms with Crippen molar-refractivity contribution < 1.29 is 24.5 Å². The lowest BCUT2D eigenvalue weighted by Gasteiger charge is -2.31. The summed E-state index contributed by atoms with van der Waals surface area (Å²) >= 11 is 0. The number of aliphatic carboxylic acids is 2. The highest BCUT2D eigenvalue weighted by Gasteiger charge is 2.48. The number of hydrogen-bond acceptors (Lipinski definition) is 3. The fraction of sp³-hybridized carbons (Fsp3) is 0.667. The summed E-state index contributed by atoms with van der Waals surface area (Å²) in [5.41, 5.74) is -1.69. The van der Waals surface area contributed by atoms with Crippen LogP contribution in [0.4, 0.5) is 0 Å². The van der Waals surface area contributed by atoms with Gasteiger partial charge in [0.2, 0.25) is 0 Å². The van der Waals surface area contributed by atoms with E-state index in [0.29, 0.717) is 0 Å². The van der Waals surface area contributed by atoms with Crippen molar-refractivity contribution in [1.29, 1.82) is 0 Å². The first-order valence-corrected chi connectivity index (χ1v) is 4.34. The largest absolute Gasteiger partial charge is 0.481 e. The third-order valence-electron chi connectivity index (χ3n) is 2.29. The van der Waals surface area contributed by atoms with E-state index in [-0.39, 0.29) is 18.8 Å². The van der Waals surface area contributed by atoms with Crippen molar-refractivity contribution in [3.8, 4) is 0 Å². The lowest BCUT2D eigenvalue weighted by atomic mass is 9.83. The molecule has 0 rings (SSSR count). The van der Waals surface area contributed by atoms with Gasteiger partial charge >= 0.3 is 11.9 Å². The number of carbonyl (C=O) groups is 2. The molecule has 1 unspecified atom stereocenters. The SMILES string of the molecule is CC[C](C(=O)O)C(CC)(OC)C(=O)O. The molecule has 0 fully saturated rings. The zero-order valence-corrected chi connectivity index (χ0v) is 8.53. The Morgan fingerprint density at radius 3 is 1.86 bits per heavy atom. The van der Waals surface area contributed by atoms with Crippen LogP contribution in [0.2, 0.25) is 0 Å². The van der Waals surface area contributed by atoms with Gasteiger partial charge in [0.05, 0.1) is 0 Å². The van der Waals surface area contributed by atoms with E-state index in [0.717, 1.165) is 0 Å². The molecule has 1 radical (unpaired) electrons. The summed E-state index contributed by atoms with van der Waals surface area (Å²) in [5.74, 6) is -2.62. The molecule has 0 aliphatic rings. The van der Waals surface area contributed by atoms with E-state index >= 15 is 0 Å². The highest BCUT2D eigenvalue weighted by molar-refractivity contribution is 5.95. The number of hydrogen-bond donors (Lipinski definition) is 2. The van der Waals surface area contributed by atoms with E-state index in [1.165, 1.54) is 7.11 Å². The van der Waals surface area contributed by atoms with Gasteiger partial charge in [-0.3, -0.25) is 4.79 Å². The van der Waals surface area contributed by atoms with Gasteiger partial charge in [0, 0.05) is 7.11 Å². The second-order valence-corrected chi connectivity index (χ2v) is 2.83. The molecule has 0 aliphatic carbocycles. The van der Waals surface area contributed by atoms with E-state index in [1.54, 1.807) is 13.8 Å². The van der Waals surface area contributed by atoms with Crippen LogP contribution < -0.4 is 0 Å². The minimum absolute atomic E-state index is 0.0916. The first kappa shape index (κ1) is 12.9. The second kappa shape index (κ2) is 4.95. The van der Waals surface area contributed by atoms with Crippen LogP contribution in [0.5, 0.6) is 0 Å². The predicted molar refractivity (Wildman–Crippen MR) is 48.8 cm³/mol. The summed E-state index contributed by atoms with van der Waals surface area (Å²) in [7, 11) is 1.20. The Bertz CT molecular complexity index is 219. The number of ether oxygens (including phenoxy) is 1. The quantitative estimate of drug-likeness (QED) is 0.671. The number of rotatable bonds is 6. The normalized spacial score (nSPS) is 15.1. The average Bonchev–Trinajstić information content (AvgIpc) is 2.12. The second-order valence-electron chi connectivity index (χ2n) is 2.83. The minimum Gasteiger partial charge on any atom is -0.481 e. The van der Waals surface area contributed by atoms with Gasteiger partial charge in [0.25, 0.3) is 0 Å². The maximum Gasteiger partial charge on any atom is 0.337 e. The fourth-order valence-electron chi connectivity index (χ4n) is 1.46. The van der Waals surface area contributed by atoms with Crippen molar-refractivity contribution in [3.63, 3.8) is 0 Å². The molecule has 0 aromatic rings. The molecule has 5 nitrogen and oxygen atoms in total. The van der Waals surface area contributed by atoms with Gasteiger partial charge in [0.1, 0.15) is 5.92 Å². The first-order chi connectivity index (χ1) is 6.46. The van der Waals surface area contributed by atoms with Crippen molar-refractivity contribution in [2.24, 2.45) is 0 Å². The van der Waals surface area contributed by atoms with Gasteiger partial charge in [-0.05, 0) is 12.8 Å². The summed E-state index contributed by atoms with van der Waals surface area (Å²) in [6, 6.07) is 0. The van der Waals surface area contributed by atoms with Crippen molar-refractivity contribution in [2.75, 3.05) is 7.11 Å². The first-order valence-electron chi connectivity index (χ1n) is 4.34. The molecule has 0 aromatic carbocycles. The lowest BCUT2D eigenvalue weighted by molar-refractivity contribution is -0.165. The Labute approximate surface area is 82.7 Å². The summed E-state index contributed by atoms with van der Waals surface area (Å²) in [6.45, 7) is 3.17. The molecule has 0 bridgehead atoms. The Morgan fingerprint density at radius 2 is 1.79 bits per heavy atom. The van der Waals surface area contributed by atoms with Gasteiger partial charge in [-0.2, -0.15) is 0 Å². The third-order valence-corrected chi connectivity index (χ3v) is 2.29. The van der Waals surface area contributed by atoms with E-state index in [1.807, 2.05) is 0 Å². The van der Waals surface area contributed by atoms with Crippen LogP contribution in [-0.2, 0) is 14.3 Å². The van der Waals surface area contributed by atoms with Gasteiger partial charge < -0.3 is 14.9 Å². The standard InChI is InChI=1S/C9H15O5/c1-4-6(7(10)11)9(5-2,14-3)8(12)13/h4-5H2,1-3H3,(H,10,11)(H,12,13). The molecule has 0 aliphatic heterocycles. The number of methoxy groups -OCH3 is 1. The Balaban J connectivity index is 5.13. The summed E-state index contributed by atoms with van der Waals surface area (Å²) in [6.07, 6.45) is 0.234. The average molecular weight is 203 g/mol. The molecule has 2 N–H and O–H groups in total. The minimum atomic E-state index is -1.69. The summed E-state index contributed by atoms with van der Waals surface area (Å²) < 4.78 is 4.85. The van der Waals surface area contributed by atoms with Crippen molar-refractivity contribution in [3.05, 3.63) is 5.92 Å². The molecule has 14 heavy (non-hydrogen) atoms. The van der Waals surface area contributed by atoms with Gasteiger partial charge in [-0.25, -0.2) is 4.79 Å². The van der Waals surface area contributed by atoms with Gasteiger partial charge in [-0.1, -0.05) is 13.8 Å². The molecule has 1 atom stereocenters. The maximum atomic E-state index is 11.0. The molecule has 0 amide bonds. The smallest absolute Gasteiger partial charge is 0.337 e. The zero-order valence-electron chi connectivity index (χ0n) is 8.53. The highest BCUT2D eigenvalue weighted by atomic mass is 16.5. The highest BCUT2D eigenvalue weighted by Crippen LogP contribution is 2.30. The fourth-order valence-corrected chi connectivity index (χ4v) is 1.46. The van der Waals surface area contributed by atoms with E-state index in [4.69, 9.17) is 14.9 Å². The van der Waals surface area contributed by atoms with Crippen molar-refractivity contribution in [2.45, 2.75) is 32.3 Å². The van der Waals surface area contributed by atoms with Crippen LogP contribution in [-0.4, -0.2) is 34.9 Å². The molecule has 0 saturated carbocycles. The van der Waals surface area contributed by atoms with Gasteiger partial charge in [-0.15, -0.1) is 0 Å². The zero-order chi connectivity index (χ0) is 11.4. The Hall–Kier alpha value is -1.10. The molecular formula is C9H15O5. The van der Waals surface area contributed by atoms with Crippen LogP contribution in [0.15, 0.2) is 0 Å². The van der Waals surface area contributed by atoms with Crippen LogP contribution in [0.25, 0.3) is 0 Å². The maximum absolute atomic E-state index is 11.0. The molecule has 0 aromatic heterocycles. The van der Waals surface area contributed by atoms with Crippen LogP contribution >= 0.6 is 0 Å². The van der Waals surface area contributed by atoms with Crippen LogP contribution in [0, 0.1) is 5.92 Å². The topological polar surface area (TPSA) is 83.8 Å². The molecule has 0 heterocycles. The molecular weight excluding hydrogens is 188 g/mol. The Kier molecular flexibility index (Phi) is 4.56. The van der Waals surface area contributed by atoms with E-state index < -0.39 is 17.5 Å². The summed E-state index contributed by atoms with van der Waals surface area (Å²) in [5, 5.41) is 17.8. The molecule has 0 saturated heterocycles. The Morgan fingerprint density at radius 1 is 1.29 bits per heavy atom. The molecule has 5 heteroatoms. The number of carboxylic acids is 2. The van der Waals surface area contributed by atoms with Gasteiger partial charge in [0.15, 0.2) is 5.60 Å². The van der Waals surface area contributed by atoms with Crippen LogP contribution in [0.3, 0.4) is 0 Å². The number of carboxylic acid groups (broad SMARTS) is 2. The van der Waals surface area contributed by atoms with Crippen molar-refractivity contribution >= 4 is 11.9 Å². The van der Waals surface area contributed by atoms with E-state index in [9.17, 15) is 9.59 Å². The lowest BCUT2D eigenvalue weighted by Crippen LogP contribution is -2.48. The van der Waals surface area contributed by atoms with Crippen LogP contribution in [0.1, 0.15) is 26.7 Å². The van der Waals surface area contributed by atoms with Crippen molar-refractivity contribution in [1.82, 2.24) is 0 Å². The predicted octanol–water partition coefficient (Wildman–Crippen LogP) is 0.935. The molecule has 0 spiro atoms. The monoisotopic (exact) mass is 203 g/mol.